The standard InChI is InChI=1S/C24H19N9O3/c1-36-17-5-6-18-15(11-17)12-19(23(34)32-9-2-3-10-32)21(31-35)20(18)29-30-22-16(13-25)14-28-33(22)24-26-7-4-8-27-24/h4-8,11-12,14H,2-3,9-10H2,1H3. The monoisotopic (exact) mass is 481 g/mol. The molecule has 36 heavy (non-hydrogen) atoms. The van der Waals surface area contributed by atoms with Gasteiger partial charge in [0.2, 0.25) is 0 Å². The minimum absolute atomic E-state index is 0.0680. The fraction of sp³-hybridized carbons (Fsp3) is 0.208. The van der Waals surface area contributed by atoms with Crippen LogP contribution in [-0.4, -0.2) is 50.8 Å². The van der Waals surface area contributed by atoms with Crippen molar-refractivity contribution in [3.8, 4) is 17.8 Å². The number of fused-ring (bicyclic) bond motifs is 1. The number of benzene rings is 2. The van der Waals surface area contributed by atoms with E-state index in [2.05, 4.69) is 30.5 Å². The summed E-state index contributed by atoms with van der Waals surface area (Å²) < 4.78 is 6.60. The van der Waals surface area contributed by atoms with Crippen molar-refractivity contribution in [3.05, 3.63) is 65.0 Å². The normalized spacial score (nSPS) is 13.3. The molecule has 2 aromatic heterocycles. The number of likely N-dealkylation sites (tertiary alicyclic amines) is 1. The van der Waals surface area contributed by atoms with Crippen LogP contribution in [-0.2, 0) is 0 Å². The van der Waals surface area contributed by atoms with Crippen molar-refractivity contribution in [2.75, 3.05) is 20.2 Å². The van der Waals surface area contributed by atoms with Gasteiger partial charge in [0.05, 0.1) is 18.9 Å². The number of nitriles is 1. The first-order valence-corrected chi connectivity index (χ1v) is 11.1. The van der Waals surface area contributed by atoms with Gasteiger partial charge in [-0.15, -0.1) is 15.1 Å². The van der Waals surface area contributed by atoms with Gasteiger partial charge in [-0.2, -0.15) is 15.0 Å². The predicted molar refractivity (Wildman–Crippen MR) is 129 cm³/mol. The number of azo groups is 1. The molecular weight excluding hydrogens is 462 g/mol. The molecule has 1 aliphatic heterocycles. The van der Waals surface area contributed by atoms with Crippen molar-refractivity contribution < 1.29 is 9.53 Å². The van der Waals surface area contributed by atoms with Gasteiger partial charge in [0, 0.05) is 30.9 Å². The number of amides is 1. The van der Waals surface area contributed by atoms with Gasteiger partial charge in [-0.1, -0.05) is 0 Å². The maximum atomic E-state index is 13.3. The van der Waals surface area contributed by atoms with Gasteiger partial charge in [-0.25, -0.2) is 9.97 Å². The van der Waals surface area contributed by atoms with E-state index in [0.29, 0.717) is 29.6 Å². The Morgan fingerprint density at radius 3 is 2.58 bits per heavy atom. The fourth-order valence-corrected chi connectivity index (χ4v) is 4.09. The SMILES string of the molecule is COc1ccc2c(N=Nc3c(C#N)cnn3-c3ncccn3)c(N=O)c(C(=O)N3CCCC3)cc2c1. The van der Waals surface area contributed by atoms with Gasteiger partial charge in [0.1, 0.15) is 28.8 Å². The van der Waals surface area contributed by atoms with Crippen LogP contribution in [0.25, 0.3) is 16.7 Å². The Morgan fingerprint density at radius 1 is 1.11 bits per heavy atom. The Balaban J connectivity index is 1.70. The maximum Gasteiger partial charge on any atom is 0.256 e. The third kappa shape index (κ3) is 4.03. The van der Waals surface area contributed by atoms with Crippen LogP contribution in [0, 0.1) is 16.2 Å². The molecule has 12 nitrogen and oxygen atoms in total. The molecule has 4 aromatic rings. The molecule has 0 spiro atoms. The summed E-state index contributed by atoms with van der Waals surface area (Å²) in [5.74, 6) is 0.527. The molecule has 12 heteroatoms. The first-order chi connectivity index (χ1) is 17.6. The Labute approximate surface area is 204 Å². The highest BCUT2D eigenvalue weighted by Crippen LogP contribution is 2.42. The highest BCUT2D eigenvalue weighted by atomic mass is 16.5. The Kier molecular flexibility index (Phi) is 6.10. The molecule has 0 atom stereocenters. The van der Waals surface area contributed by atoms with Crippen LogP contribution >= 0.6 is 0 Å². The summed E-state index contributed by atoms with van der Waals surface area (Å²) in [6, 6.07) is 10.4. The summed E-state index contributed by atoms with van der Waals surface area (Å²) >= 11 is 0. The van der Waals surface area contributed by atoms with Gasteiger partial charge in [-0.05, 0) is 53.7 Å². The number of aromatic nitrogens is 4. The van der Waals surface area contributed by atoms with E-state index in [1.54, 1.807) is 35.2 Å². The number of carbonyl (C=O) groups excluding carboxylic acids is 1. The number of ether oxygens (including phenoxy) is 1. The molecule has 1 fully saturated rings. The largest absolute Gasteiger partial charge is 0.497 e. The molecule has 0 N–H and O–H groups in total. The zero-order chi connectivity index (χ0) is 25.1. The lowest BCUT2D eigenvalue weighted by molar-refractivity contribution is 0.0794. The van der Waals surface area contributed by atoms with Crippen molar-refractivity contribution in [1.29, 1.82) is 5.26 Å². The van der Waals surface area contributed by atoms with Gasteiger partial charge in [0.15, 0.2) is 5.82 Å². The predicted octanol–water partition coefficient (Wildman–Crippen LogP) is 4.75. The lowest BCUT2D eigenvalue weighted by Crippen LogP contribution is -2.27. The summed E-state index contributed by atoms with van der Waals surface area (Å²) in [4.78, 5) is 35.3. The average Bonchev–Trinajstić information content (AvgIpc) is 3.61. The summed E-state index contributed by atoms with van der Waals surface area (Å²) in [5.41, 5.74) is 0.219. The highest BCUT2D eigenvalue weighted by Gasteiger charge is 2.26. The Hall–Kier alpha value is -5.05. The number of hydrogen-bond donors (Lipinski definition) is 0. The number of carbonyl (C=O) groups is 1. The summed E-state index contributed by atoms with van der Waals surface area (Å²) in [6.45, 7) is 1.21. The molecule has 0 unspecified atom stereocenters. The van der Waals surface area contributed by atoms with Gasteiger partial charge in [-0.3, -0.25) is 4.79 Å². The first kappa shape index (κ1) is 22.7. The number of rotatable bonds is 6. The molecule has 0 bridgehead atoms. The molecule has 0 radical (unpaired) electrons. The van der Waals surface area contributed by atoms with Gasteiger partial charge >= 0.3 is 0 Å². The van der Waals surface area contributed by atoms with E-state index < -0.39 is 0 Å². The van der Waals surface area contributed by atoms with Crippen LogP contribution in [0.5, 0.6) is 5.75 Å². The molecule has 1 saturated heterocycles. The van der Waals surface area contributed by atoms with Crippen molar-refractivity contribution in [1.82, 2.24) is 24.6 Å². The van der Waals surface area contributed by atoms with Crippen LogP contribution in [0.1, 0.15) is 28.8 Å². The lowest BCUT2D eigenvalue weighted by Gasteiger charge is -2.17. The van der Waals surface area contributed by atoms with E-state index in [0.717, 1.165) is 12.8 Å². The van der Waals surface area contributed by atoms with Crippen LogP contribution < -0.4 is 4.74 Å². The number of nitroso groups, excluding NO2 is 1. The van der Waals surface area contributed by atoms with E-state index in [-0.39, 0.29) is 40.2 Å². The molecule has 0 saturated carbocycles. The van der Waals surface area contributed by atoms with Gasteiger partial charge in [0.25, 0.3) is 11.9 Å². The molecule has 178 valence electrons. The topological polar surface area (TPSA) is 151 Å². The van der Waals surface area contributed by atoms with Crippen LogP contribution in [0.15, 0.2) is 64.3 Å². The average molecular weight is 481 g/mol. The summed E-state index contributed by atoms with van der Waals surface area (Å²) in [7, 11) is 1.54. The highest BCUT2D eigenvalue weighted by molar-refractivity contribution is 6.10. The summed E-state index contributed by atoms with van der Waals surface area (Å²) in [6.07, 6.45) is 6.16. The molecule has 5 rings (SSSR count). The minimum Gasteiger partial charge on any atom is -0.497 e. The third-order valence-electron chi connectivity index (χ3n) is 5.86. The van der Waals surface area contributed by atoms with Crippen molar-refractivity contribution in [2.45, 2.75) is 12.8 Å². The number of hydrogen-bond acceptors (Lipinski definition) is 10. The lowest BCUT2D eigenvalue weighted by atomic mass is 10.0. The third-order valence-corrected chi connectivity index (χ3v) is 5.86. The number of methoxy groups -OCH3 is 1. The molecule has 1 amide bonds. The quantitative estimate of drug-likeness (QED) is 0.285. The molecule has 3 heterocycles. The second-order valence-electron chi connectivity index (χ2n) is 7.95. The Bertz CT molecular complexity index is 1530. The first-order valence-electron chi connectivity index (χ1n) is 11.1. The minimum atomic E-state index is -0.302. The summed E-state index contributed by atoms with van der Waals surface area (Å²) in [5, 5.41) is 26.6. The second kappa shape index (κ2) is 9.67. The molecule has 0 aliphatic carbocycles. The van der Waals surface area contributed by atoms with E-state index in [9.17, 15) is 15.0 Å². The molecule has 2 aromatic carbocycles. The Morgan fingerprint density at radius 2 is 1.89 bits per heavy atom. The fourth-order valence-electron chi connectivity index (χ4n) is 4.09. The zero-order valence-electron chi connectivity index (χ0n) is 19.2. The van der Waals surface area contributed by atoms with E-state index in [1.165, 1.54) is 30.4 Å². The zero-order valence-corrected chi connectivity index (χ0v) is 19.2. The van der Waals surface area contributed by atoms with E-state index >= 15 is 0 Å². The second-order valence-corrected chi connectivity index (χ2v) is 7.95. The van der Waals surface area contributed by atoms with E-state index in [4.69, 9.17) is 4.74 Å². The molecular formula is C24H19N9O3. The van der Waals surface area contributed by atoms with Crippen molar-refractivity contribution in [3.63, 3.8) is 0 Å². The molecule has 1 aliphatic rings. The number of nitrogens with zero attached hydrogens (tertiary/aromatic N) is 9. The van der Waals surface area contributed by atoms with Crippen LogP contribution in [0.3, 0.4) is 0 Å². The van der Waals surface area contributed by atoms with Crippen LogP contribution in [0.2, 0.25) is 0 Å². The maximum absolute atomic E-state index is 13.3. The van der Waals surface area contributed by atoms with Crippen molar-refractivity contribution >= 4 is 33.9 Å². The van der Waals surface area contributed by atoms with Crippen molar-refractivity contribution in [2.24, 2.45) is 15.4 Å². The van der Waals surface area contributed by atoms with E-state index in [1.807, 2.05) is 6.07 Å². The smallest absolute Gasteiger partial charge is 0.256 e. The van der Waals surface area contributed by atoms with Gasteiger partial charge < -0.3 is 9.64 Å². The van der Waals surface area contributed by atoms with Crippen LogP contribution in [0.4, 0.5) is 17.2 Å².